The zero-order valence-corrected chi connectivity index (χ0v) is 11.1. The highest BCUT2D eigenvalue weighted by Gasteiger charge is 2.03. The predicted octanol–water partition coefficient (Wildman–Crippen LogP) is 3.94. The van der Waals surface area contributed by atoms with E-state index < -0.39 is 0 Å². The van der Waals surface area contributed by atoms with Crippen molar-refractivity contribution in [2.45, 2.75) is 13.3 Å². The molecule has 2 rings (SSSR count). The van der Waals surface area contributed by atoms with E-state index in [1.54, 1.807) is 17.4 Å². The maximum Gasteiger partial charge on any atom is 0.167 e. The molecule has 0 amide bonds. The van der Waals surface area contributed by atoms with Crippen LogP contribution >= 0.6 is 11.3 Å². The van der Waals surface area contributed by atoms with Gasteiger partial charge in [0.25, 0.3) is 0 Å². The highest BCUT2D eigenvalue weighted by atomic mass is 32.1. The highest BCUT2D eigenvalue weighted by Crippen LogP contribution is 2.21. The van der Waals surface area contributed by atoms with Crippen molar-refractivity contribution in [1.29, 1.82) is 0 Å². The third kappa shape index (κ3) is 3.47. The largest absolute Gasteiger partial charge is 0.491 e. The molecule has 2 aromatic rings. The number of anilines is 1. The van der Waals surface area contributed by atoms with E-state index in [0.29, 0.717) is 12.4 Å². The van der Waals surface area contributed by atoms with E-state index in [9.17, 15) is 4.39 Å². The first-order valence-electron chi connectivity index (χ1n) is 5.97. The Morgan fingerprint density at radius 1 is 1.33 bits per heavy atom. The van der Waals surface area contributed by atoms with Crippen LogP contribution < -0.4 is 10.1 Å². The predicted molar refractivity (Wildman–Crippen MR) is 74.1 cm³/mol. The fourth-order valence-electron chi connectivity index (χ4n) is 1.67. The summed E-state index contributed by atoms with van der Waals surface area (Å²) in [5, 5.41) is 7.39. The fourth-order valence-corrected chi connectivity index (χ4v) is 2.37. The maximum atomic E-state index is 13.6. The summed E-state index contributed by atoms with van der Waals surface area (Å²) in [4.78, 5) is 0. The van der Waals surface area contributed by atoms with Crippen LogP contribution in [0.15, 0.2) is 35.0 Å². The Bertz CT molecular complexity index is 485. The van der Waals surface area contributed by atoms with Crippen LogP contribution in [0.2, 0.25) is 0 Å². The smallest absolute Gasteiger partial charge is 0.167 e. The van der Waals surface area contributed by atoms with Gasteiger partial charge < -0.3 is 10.1 Å². The Morgan fingerprint density at radius 3 is 2.89 bits per heavy atom. The van der Waals surface area contributed by atoms with Gasteiger partial charge in [0.05, 0.1) is 6.61 Å². The lowest BCUT2D eigenvalue weighted by atomic mass is 10.2. The molecule has 2 nitrogen and oxygen atoms in total. The van der Waals surface area contributed by atoms with Crippen LogP contribution in [0.3, 0.4) is 0 Å². The lowest BCUT2D eigenvalue weighted by Gasteiger charge is -2.08. The third-order valence-corrected chi connectivity index (χ3v) is 3.29. The first kappa shape index (κ1) is 12.9. The second-order valence-electron chi connectivity index (χ2n) is 3.89. The molecule has 1 aromatic carbocycles. The molecule has 4 heteroatoms. The molecule has 1 N–H and O–H groups in total. The van der Waals surface area contributed by atoms with Crippen LogP contribution in [0.1, 0.15) is 12.5 Å². The van der Waals surface area contributed by atoms with Crippen molar-refractivity contribution in [2.75, 3.05) is 18.5 Å². The van der Waals surface area contributed by atoms with Crippen molar-refractivity contribution in [3.05, 3.63) is 46.4 Å². The SMILES string of the molecule is CCOc1ccc(NCCc2ccsc2)cc1F. The fraction of sp³-hybridized carbons (Fsp3) is 0.286. The highest BCUT2D eigenvalue weighted by molar-refractivity contribution is 7.07. The van der Waals surface area contributed by atoms with Gasteiger partial charge in [-0.3, -0.25) is 0 Å². The zero-order chi connectivity index (χ0) is 12.8. The van der Waals surface area contributed by atoms with Gasteiger partial charge in [0.15, 0.2) is 11.6 Å². The van der Waals surface area contributed by atoms with Crippen molar-refractivity contribution < 1.29 is 9.13 Å². The van der Waals surface area contributed by atoms with Gasteiger partial charge in [-0.25, -0.2) is 4.39 Å². The Morgan fingerprint density at radius 2 is 2.22 bits per heavy atom. The number of ether oxygens (including phenoxy) is 1. The molecule has 0 spiro atoms. The van der Waals surface area contributed by atoms with Gasteiger partial charge in [-0.2, -0.15) is 11.3 Å². The molecule has 0 fully saturated rings. The normalized spacial score (nSPS) is 10.3. The monoisotopic (exact) mass is 265 g/mol. The van der Waals surface area contributed by atoms with Crippen LogP contribution in [-0.2, 0) is 6.42 Å². The molecule has 0 saturated carbocycles. The molecular weight excluding hydrogens is 249 g/mol. The average Bonchev–Trinajstić information content (AvgIpc) is 2.86. The summed E-state index contributed by atoms with van der Waals surface area (Å²) in [7, 11) is 0. The first-order valence-corrected chi connectivity index (χ1v) is 6.91. The standard InChI is InChI=1S/C14H16FNOS/c1-2-17-14-4-3-12(9-13(14)15)16-7-5-11-6-8-18-10-11/h3-4,6,8-10,16H,2,5,7H2,1H3. The van der Waals surface area contributed by atoms with Crippen molar-refractivity contribution in [1.82, 2.24) is 0 Å². The summed E-state index contributed by atoms with van der Waals surface area (Å²) >= 11 is 1.69. The van der Waals surface area contributed by atoms with Crippen molar-refractivity contribution in [3.63, 3.8) is 0 Å². The second-order valence-corrected chi connectivity index (χ2v) is 4.67. The van der Waals surface area contributed by atoms with Crippen molar-refractivity contribution in [2.24, 2.45) is 0 Å². The molecule has 0 unspecified atom stereocenters. The average molecular weight is 265 g/mol. The van der Waals surface area contributed by atoms with Gasteiger partial charge >= 0.3 is 0 Å². The molecular formula is C14H16FNOS. The van der Waals surface area contributed by atoms with Crippen LogP contribution in [0.25, 0.3) is 0 Å². The summed E-state index contributed by atoms with van der Waals surface area (Å²) in [5.74, 6) is -0.0155. The molecule has 0 radical (unpaired) electrons. The molecule has 0 aliphatic carbocycles. The van der Waals surface area contributed by atoms with E-state index in [2.05, 4.69) is 22.1 Å². The molecule has 1 aromatic heterocycles. The van der Waals surface area contributed by atoms with Crippen molar-refractivity contribution >= 4 is 17.0 Å². The minimum Gasteiger partial charge on any atom is -0.491 e. The van der Waals surface area contributed by atoms with Crippen molar-refractivity contribution in [3.8, 4) is 5.75 Å². The molecule has 18 heavy (non-hydrogen) atoms. The minimum absolute atomic E-state index is 0.306. The summed E-state index contributed by atoms with van der Waals surface area (Å²) in [6.45, 7) is 3.11. The number of nitrogens with one attached hydrogen (secondary N) is 1. The van der Waals surface area contributed by atoms with Crippen LogP contribution in [0.5, 0.6) is 5.75 Å². The van der Waals surface area contributed by atoms with Crippen LogP contribution in [-0.4, -0.2) is 13.2 Å². The summed E-state index contributed by atoms with van der Waals surface area (Å²) in [6, 6.07) is 7.07. The van der Waals surface area contributed by atoms with E-state index in [1.807, 2.05) is 13.0 Å². The van der Waals surface area contributed by atoms with Gasteiger partial charge in [-0.05, 0) is 47.9 Å². The topological polar surface area (TPSA) is 21.3 Å². The lowest BCUT2D eigenvalue weighted by molar-refractivity contribution is 0.321. The van der Waals surface area contributed by atoms with Gasteiger partial charge in [-0.15, -0.1) is 0 Å². The summed E-state index contributed by atoms with van der Waals surface area (Å²) < 4.78 is 18.7. The molecule has 0 aliphatic heterocycles. The quantitative estimate of drug-likeness (QED) is 0.854. The van der Waals surface area contributed by atoms with E-state index in [0.717, 1.165) is 18.7 Å². The molecule has 1 heterocycles. The number of rotatable bonds is 6. The Hall–Kier alpha value is -1.55. The summed E-state index contributed by atoms with van der Waals surface area (Å²) in [5.41, 5.74) is 2.09. The van der Waals surface area contributed by atoms with E-state index in [1.165, 1.54) is 11.6 Å². The molecule has 0 atom stereocenters. The number of halogens is 1. The molecule has 0 aliphatic rings. The lowest BCUT2D eigenvalue weighted by Crippen LogP contribution is -2.05. The molecule has 0 bridgehead atoms. The maximum absolute atomic E-state index is 13.6. The Labute approximate surface area is 110 Å². The van der Waals surface area contributed by atoms with Gasteiger partial charge in [0, 0.05) is 18.3 Å². The van der Waals surface area contributed by atoms with E-state index >= 15 is 0 Å². The van der Waals surface area contributed by atoms with E-state index in [4.69, 9.17) is 4.74 Å². The first-order chi connectivity index (χ1) is 8.79. The van der Waals surface area contributed by atoms with Gasteiger partial charge in [0.1, 0.15) is 0 Å². The van der Waals surface area contributed by atoms with E-state index in [-0.39, 0.29) is 5.82 Å². The minimum atomic E-state index is -0.322. The zero-order valence-electron chi connectivity index (χ0n) is 10.3. The second kappa shape index (κ2) is 6.40. The number of benzene rings is 1. The number of thiophene rings is 1. The van der Waals surface area contributed by atoms with Gasteiger partial charge in [0.2, 0.25) is 0 Å². The molecule has 0 saturated heterocycles. The third-order valence-electron chi connectivity index (χ3n) is 2.55. The van der Waals surface area contributed by atoms with Crippen LogP contribution in [0, 0.1) is 5.82 Å². The Balaban J connectivity index is 1.88. The Kier molecular flexibility index (Phi) is 4.59. The number of hydrogen-bond donors (Lipinski definition) is 1. The summed E-state index contributed by atoms with van der Waals surface area (Å²) in [6.07, 6.45) is 0.943. The molecule has 96 valence electrons. The number of hydrogen-bond acceptors (Lipinski definition) is 3. The van der Waals surface area contributed by atoms with Crippen LogP contribution in [0.4, 0.5) is 10.1 Å². The van der Waals surface area contributed by atoms with Gasteiger partial charge in [-0.1, -0.05) is 0 Å².